The van der Waals surface area contributed by atoms with Crippen LogP contribution in [0, 0.1) is 5.92 Å². The lowest BCUT2D eigenvalue weighted by Crippen LogP contribution is -2.41. The minimum atomic E-state index is -0.584. The fraction of sp³-hybridized carbons (Fsp3) is 0.562. The van der Waals surface area contributed by atoms with Gasteiger partial charge in [-0.15, -0.1) is 0 Å². The standard InChI is InChI=1S/C16H23ClN2O2/c1-2-18-16(21)12-7-9-19(10-8-12)11-15(20)13-5-3-4-6-14(13)17/h3-6,12,15,20H,2,7-11H2,1H3,(H,18,21). The molecule has 0 saturated carbocycles. The van der Waals surface area contributed by atoms with Gasteiger partial charge >= 0.3 is 0 Å². The number of benzene rings is 1. The Balaban J connectivity index is 1.83. The van der Waals surface area contributed by atoms with Crippen molar-refractivity contribution in [2.75, 3.05) is 26.2 Å². The maximum absolute atomic E-state index is 11.8. The lowest BCUT2D eigenvalue weighted by molar-refractivity contribution is -0.126. The van der Waals surface area contributed by atoms with Crippen LogP contribution >= 0.6 is 11.6 Å². The molecule has 1 aromatic rings. The summed E-state index contributed by atoms with van der Waals surface area (Å²) in [5.74, 6) is 0.266. The van der Waals surface area contributed by atoms with Crippen molar-refractivity contribution < 1.29 is 9.90 Å². The molecular formula is C16H23ClN2O2. The van der Waals surface area contributed by atoms with Gasteiger partial charge in [-0.25, -0.2) is 0 Å². The molecule has 21 heavy (non-hydrogen) atoms. The van der Waals surface area contributed by atoms with Crippen molar-refractivity contribution in [3.63, 3.8) is 0 Å². The maximum Gasteiger partial charge on any atom is 0.223 e. The normalized spacial score (nSPS) is 18.4. The van der Waals surface area contributed by atoms with Gasteiger partial charge in [-0.3, -0.25) is 4.79 Å². The molecule has 0 aliphatic carbocycles. The van der Waals surface area contributed by atoms with Crippen molar-refractivity contribution in [1.29, 1.82) is 0 Å². The summed E-state index contributed by atoms with van der Waals surface area (Å²) in [5.41, 5.74) is 0.769. The van der Waals surface area contributed by atoms with Crippen molar-refractivity contribution in [2.45, 2.75) is 25.9 Å². The minimum Gasteiger partial charge on any atom is -0.387 e. The van der Waals surface area contributed by atoms with Crippen molar-refractivity contribution in [3.8, 4) is 0 Å². The Labute approximate surface area is 131 Å². The van der Waals surface area contributed by atoms with E-state index in [1.165, 1.54) is 0 Å². The Hall–Kier alpha value is -1.10. The van der Waals surface area contributed by atoms with Crippen molar-refractivity contribution in [2.24, 2.45) is 5.92 Å². The van der Waals surface area contributed by atoms with Crippen LogP contribution in [0.5, 0.6) is 0 Å². The molecule has 1 aromatic carbocycles. The molecule has 4 nitrogen and oxygen atoms in total. The highest BCUT2D eigenvalue weighted by molar-refractivity contribution is 6.31. The van der Waals surface area contributed by atoms with Gasteiger partial charge in [0.2, 0.25) is 5.91 Å². The van der Waals surface area contributed by atoms with E-state index in [1.54, 1.807) is 6.07 Å². The SMILES string of the molecule is CCNC(=O)C1CCN(CC(O)c2ccccc2Cl)CC1. The average molecular weight is 311 g/mol. The molecular weight excluding hydrogens is 288 g/mol. The van der Waals surface area contributed by atoms with Crippen LogP contribution in [0.2, 0.25) is 5.02 Å². The second kappa shape index (κ2) is 7.78. The van der Waals surface area contributed by atoms with E-state index >= 15 is 0 Å². The maximum atomic E-state index is 11.8. The number of carbonyl (C=O) groups is 1. The van der Waals surface area contributed by atoms with Crippen LogP contribution in [-0.4, -0.2) is 42.1 Å². The summed E-state index contributed by atoms with van der Waals surface area (Å²) >= 11 is 6.10. The number of halogens is 1. The van der Waals surface area contributed by atoms with Crippen LogP contribution < -0.4 is 5.32 Å². The minimum absolute atomic E-state index is 0.110. The first kappa shape index (κ1) is 16.3. The number of hydrogen-bond acceptors (Lipinski definition) is 3. The molecule has 1 saturated heterocycles. The monoisotopic (exact) mass is 310 g/mol. The number of nitrogens with one attached hydrogen (secondary N) is 1. The van der Waals surface area contributed by atoms with Crippen molar-refractivity contribution in [3.05, 3.63) is 34.9 Å². The number of rotatable bonds is 5. The molecule has 1 fully saturated rings. The quantitative estimate of drug-likeness (QED) is 0.877. The topological polar surface area (TPSA) is 52.6 Å². The number of piperidine rings is 1. The van der Waals surface area contributed by atoms with Crippen molar-refractivity contribution >= 4 is 17.5 Å². The molecule has 0 radical (unpaired) electrons. The zero-order valence-electron chi connectivity index (χ0n) is 12.4. The van der Waals surface area contributed by atoms with Crippen LogP contribution in [0.3, 0.4) is 0 Å². The van der Waals surface area contributed by atoms with Crippen LogP contribution in [0.25, 0.3) is 0 Å². The van der Waals surface area contributed by atoms with Crippen LogP contribution in [-0.2, 0) is 4.79 Å². The highest BCUT2D eigenvalue weighted by Crippen LogP contribution is 2.25. The molecule has 2 N–H and O–H groups in total. The molecule has 1 atom stereocenters. The zero-order chi connectivity index (χ0) is 15.2. The van der Waals surface area contributed by atoms with Crippen LogP contribution in [0.1, 0.15) is 31.4 Å². The molecule has 1 aliphatic heterocycles. The zero-order valence-corrected chi connectivity index (χ0v) is 13.1. The predicted molar refractivity (Wildman–Crippen MR) is 84.3 cm³/mol. The number of aliphatic hydroxyl groups excluding tert-OH is 1. The molecule has 0 aromatic heterocycles. The third-order valence-corrected chi connectivity index (χ3v) is 4.35. The van der Waals surface area contributed by atoms with E-state index in [-0.39, 0.29) is 11.8 Å². The van der Waals surface area contributed by atoms with Gasteiger partial charge in [-0.2, -0.15) is 0 Å². The molecule has 5 heteroatoms. The van der Waals surface area contributed by atoms with Gasteiger partial charge in [0, 0.05) is 29.6 Å². The summed E-state index contributed by atoms with van der Waals surface area (Å²) in [6.45, 7) is 4.86. The third kappa shape index (κ3) is 4.43. The van der Waals surface area contributed by atoms with Gasteiger partial charge in [0.25, 0.3) is 0 Å². The number of hydrogen-bond donors (Lipinski definition) is 2. The predicted octanol–water partition coefficient (Wildman–Crippen LogP) is 2.22. The number of β-amino-alcohol motifs (C(OH)–C–C–N with tert-alkyl or cyclic N) is 1. The highest BCUT2D eigenvalue weighted by Gasteiger charge is 2.26. The average Bonchev–Trinajstić information content (AvgIpc) is 2.48. The second-order valence-corrected chi connectivity index (χ2v) is 5.91. The number of nitrogens with zero attached hydrogens (tertiary/aromatic N) is 1. The Morgan fingerprint density at radius 3 is 2.71 bits per heavy atom. The first-order chi connectivity index (χ1) is 10.1. The first-order valence-corrected chi connectivity index (χ1v) is 7.92. The summed E-state index contributed by atoms with van der Waals surface area (Å²) in [4.78, 5) is 14.0. The fourth-order valence-corrected chi connectivity index (χ4v) is 3.05. The second-order valence-electron chi connectivity index (χ2n) is 5.51. The van der Waals surface area contributed by atoms with E-state index in [1.807, 2.05) is 25.1 Å². The van der Waals surface area contributed by atoms with E-state index in [0.29, 0.717) is 18.1 Å². The lowest BCUT2D eigenvalue weighted by Gasteiger charge is -2.32. The first-order valence-electron chi connectivity index (χ1n) is 7.54. The summed E-state index contributed by atoms with van der Waals surface area (Å²) in [5, 5.41) is 13.8. The smallest absolute Gasteiger partial charge is 0.223 e. The lowest BCUT2D eigenvalue weighted by atomic mass is 9.95. The largest absolute Gasteiger partial charge is 0.387 e. The Morgan fingerprint density at radius 2 is 2.10 bits per heavy atom. The number of aliphatic hydroxyl groups is 1. The molecule has 1 heterocycles. The highest BCUT2D eigenvalue weighted by atomic mass is 35.5. The molecule has 2 rings (SSSR count). The Bertz CT molecular complexity index is 473. The molecule has 116 valence electrons. The number of carbonyl (C=O) groups excluding carboxylic acids is 1. The molecule has 0 spiro atoms. The summed E-state index contributed by atoms with van der Waals surface area (Å²) in [6.07, 6.45) is 1.11. The Kier molecular flexibility index (Phi) is 6.03. The van der Waals surface area contributed by atoms with Gasteiger partial charge in [-0.05, 0) is 38.9 Å². The van der Waals surface area contributed by atoms with Gasteiger partial charge < -0.3 is 15.3 Å². The molecule has 1 unspecified atom stereocenters. The van der Waals surface area contributed by atoms with Gasteiger partial charge in [0.1, 0.15) is 0 Å². The molecule has 1 aliphatic rings. The third-order valence-electron chi connectivity index (χ3n) is 4.00. The van der Waals surface area contributed by atoms with Crippen LogP contribution in [0.15, 0.2) is 24.3 Å². The van der Waals surface area contributed by atoms with Gasteiger partial charge in [0.05, 0.1) is 6.10 Å². The van der Waals surface area contributed by atoms with Gasteiger partial charge in [0.15, 0.2) is 0 Å². The van der Waals surface area contributed by atoms with Crippen LogP contribution in [0.4, 0.5) is 0 Å². The van der Waals surface area contributed by atoms with E-state index in [0.717, 1.165) is 31.5 Å². The number of amides is 1. The molecule has 1 amide bonds. The van der Waals surface area contributed by atoms with E-state index in [2.05, 4.69) is 10.2 Å². The number of likely N-dealkylation sites (tertiary alicyclic amines) is 1. The van der Waals surface area contributed by atoms with E-state index in [9.17, 15) is 9.90 Å². The summed E-state index contributed by atoms with van der Waals surface area (Å²) in [7, 11) is 0. The Morgan fingerprint density at radius 1 is 1.43 bits per heavy atom. The molecule has 0 bridgehead atoms. The van der Waals surface area contributed by atoms with E-state index in [4.69, 9.17) is 11.6 Å². The summed E-state index contributed by atoms with van der Waals surface area (Å²) < 4.78 is 0. The van der Waals surface area contributed by atoms with Crippen molar-refractivity contribution in [1.82, 2.24) is 10.2 Å². The fourth-order valence-electron chi connectivity index (χ4n) is 2.78. The van der Waals surface area contributed by atoms with E-state index < -0.39 is 6.10 Å². The van der Waals surface area contributed by atoms with Gasteiger partial charge in [-0.1, -0.05) is 29.8 Å². The summed E-state index contributed by atoms with van der Waals surface area (Å²) in [6, 6.07) is 7.39.